The van der Waals surface area contributed by atoms with E-state index < -0.39 is 0 Å². The zero-order valence-electron chi connectivity index (χ0n) is 16.5. The minimum absolute atomic E-state index is 0.420. The van der Waals surface area contributed by atoms with Crippen molar-refractivity contribution in [1.82, 2.24) is 9.97 Å². The number of carbonyl (C=O) groups excluding carboxylic acids is 1. The van der Waals surface area contributed by atoms with Gasteiger partial charge in [0.25, 0.3) is 0 Å². The summed E-state index contributed by atoms with van der Waals surface area (Å²) in [7, 11) is 0. The normalized spacial score (nSPS) is 10.4. The highest BCUT2D eigenvalue weighted by molar-refractivity contribution is 5.83. The van der Waals surface area contributed by atoms with Crippen LogP contribution in [0.4, 0.5) is 11.5 Å². The van der Waals surface area contributed by atoms with Gasteiger partial charge < -0.3 is 10.2 Å². The number of anilines is 2. The molecule has 4 rings (SSSR count). The average molecular weight is 394 g/mol. The van der Waals surface area contributed by atoms with Gasteiger partial charge in [-0.15, -0.1) is 0 Å². The van der Waals surface area contributed by atoms with Crippen molar-refractivity contribution in [3.8, 4) is 11.3 Å². The number of nitrogens with one attached hydrogen (secondary N) is 1. The Balaban J connectivity index is 1.67. The molecule has 2 heterocycles. The third kappa shape index (κ3) is 4.70. The monoisotopic (exact) mass is 394 g/mol. The third-order valence-electron chi connectivity index (χ3n) is 4.76. The van der Waals surface area contributed by atoms with Gasteiger partial charge in [-0.05, 0) is 29.3 Å². The second kappa shape index (κ2) is 9.47. The van der Waals surface area contributed by atoms with Crippen molar-refractivity contribution in [3.63, 3.8) is 0 Å². The zero-order chi connectivity index (χ0) is 20.6. The molecule has 1 N–H and O–H groups in total. The molecular weight excluding hydrogens is 372 g/mol. The topological polar surface area (TPSA) is 58.1 Å². The molecule has 5 nitrogen and oxygen atoms in total. The van der Waals surface area contributed by atoms with E-state index in [1.54, 1.807) is 17.3 Å². The summed E-state index contributed by atoms with van der Waals surface area (Å²) in [4.78, 5) is 22.6. The molecule has 0 bridgehead atoms. The molecule has 0 aliphatic rings. The van der Waals surface area contributed by atoms with E-state index in [0.29, 0.717) is 18.9 Å². The maximum Gasteiger partial charge on any atom is 0.214 e. The highest BCUT2D eigenvalue weighted by Gasteiger charge is 2.14. The van der Waals surface area contributed by atoms with Crippen molar-refractivity contribution in [2.75, 3.05) is 10.2 Å². The number of aromatic nitrogens is 2. The van der Waals surface area contributed by atoms with E-state index in [0.717, 1.165) is 34.5 Å². The largest absolute Gasteiger partial charge is 0.364 e. The molecule has 2 aromatic carbocycles. The molecular formula is C25H22N4O. The van der Waals surface area contributed by atoms with E-state index in [-0.39, 0.29) is 0 Å². The molecule has 1 amide bonds. The molecule has 2 aromatic heterocycles. The maximum absolute atomic E-state index is 11.9. The number of carbonyl (C=O) groups is 1. The predicted octanol–water partition coefficient (Wildman–Crippen LogP) is 4.92. The van der Waals surface area contributed by atoms with E-state index in [9.17, 15) is 4.79 Å². The molecule has 0 fully saturated rings. The molecule has 5 heteroatoms. The van der Waals surface area contributed by atoms with E-state index in [1.165, 1.54) is 0 Å². The van der Waals surface area contributed by atoms with Crippen LogP contribution in [-0.4, -0.2) is 16.4 Å². The highest BCUT2D eigenvalue weighted by atomic mass is 16.1. The predicted molar refractivity (Wildman–Crippen MR) is 120 cm³/mol. The van der Waals surface area contributed by atoms with Crippen molar-refractivity contribution < 1.29 is 4.79 Å². The zero-order valence-corrected chi connectivity index (χ0v) is 16.5. The first kappa shape index (κ1) is 19.3. The SMILES string of the molecule is O=CN(Cc1cccnc1)c1ccc(-c2ccccc2)nc1NCc1ccccc1. The lowest BCUT2D eigenvalue weighted by Gasteiger charge is -2.21. The quantitative estimate of drug-likeness (QED) is 0.431. The van der Waals surface area contributed by atoms with Crippen LogP contribution in [0.3, 0.4) is 0 Å². The minimum atomic E-state index is 0.420. The standard InChI is InChI=1S/C25H22N4O/c30-19-29(18-21-10-7-15-26-16-21)24-14-13-23(22-11-5-2-6-12-22)28-25(24)27-17-20-8-3-1-4-9-20/h1-16,19H,17-18H2,(H,27,28). The van der Waals surface area contributed by atoms with Crippen LogP contribution in [0, 0.1) is 0 Å². The molecule has 0 saturated heterocycles. The van der Waals surface area contributed by atoms with E-state index in [1.807, 2.05) is 72.8 Å². The van der Waals surface area contributed by atoms with Gasteiger partial charge in [0.1, 0.15) is 0 Å². The summed E-state index contributed by atoms with van der Waals surface area (Å²) in [5, 5.41) is 3.41. The van der Waals surface area contributed by atoms with Crippen molar-refractivity contribution in [1.29, 1.82) is 0 Å². The van der Waals surface area contributed by atoms with Gasteiger partial charge in [0, 0.05) is 24.5 Å². The lowest BCUT2D eigenvalue weighted by molar-refractivity contribution is -0.107. The molecule has 0 unspecified atom stereocenters. The smallest absolute Gasteiger partial charge is 0.214 e. The average Bonchev–Trinajstić information content (AvgIpc) is 2.83. The molecule has 4 aromatic rings. The van der Waals surface area contributed by atoms with E-state index >= 15 is 0 Å². The van der Waals surface area contributed by atoms with Gasteiger partial charge >= 0.3 is 0 Å². The van der Waals surface area contributed by atoms with Crippen LogP contribution in [0.25, 0.3) is 11.3 Å². The summed E-state index contributed by atoms with van der Waals surface area (Å²) >= 11 is 0. The van der Waals surface area contributed by atoms with Crippen LogP contribution >= 0.6 is 0 Å². The summed E-state index contributed by atoms with van der Waals surface area (Å²) in [5.74, 6) is 0.663. The first-order chi connectivity index (χ1) is 14.8. The summed E-state index contributed by atoms with van der Waals surface area (Å²) in [6.45, 7) is 1.03. The number of rotatable bonds is 8. The van der Waals surface area contributed by atoms with Gasteiger partial charge in [0.2, 0.25) is 6.41 Å². The fourth-order valence-corrected chi connectivity index (χ4v) is 3.23. The van der Waals surface area contributed by atoms with Crippen molar-refractivity contribution in [3.05, 3.63) is 108 Å². The Kier molecular flexibility index (Phi) is 6.11. The molecule has 0 saturated carbocycles. The van der Waals surface area contributed by atoms with Gasteiger partial charge in [0.05, 0.1) is 17.9 Å². The fourth-order valence-electron chi connectivity index (χ4n) is 3.23. The van der Waals surface area contributed by atoms with Crippen molar-refractivity contribution in [2.45, 2.75) is 13.1 Å². The summed E-state index contributed by atoms with van der Waals surface area (Å²) in [6.07, 6.45) is 4.32. The fraction of sp³-hybridized carbons (Fsp3) is 0.0800. The summed E-state index contributed by atoms with van der Waals surface area (Å²) < 4.78 is 0. The van der Waals surface area contributed by atoms with Crippen molar-refractivity contribution >= 4 is 17.9 Å². The number of amides is 1. The molecule has 148 valence electrons. The Hall–Kier alpha value is -3.99. The first-order valence-corrected chi connectivity index (χ1v) is 9.78. The minimum Gasteiger partial charge on any atom is -0.364 e. The van der Waals surface area contributed by atoms with Crippen LogP contribution in [0.2, 0.25) is 0 Å². The van der Waals surface area contributed by atoms with Gasteiger partial charge in [-0.25, -0.2) is 4.98 Å². The number of pyridine rings is 2. The Labute approximate surface area is 176 Å². The maximum atomic E-state index is 11.9. The van der Waals surface area contributed by atoms with Crippen molar-refractivity contribution in [2.24, 2.45) is 0 Å². The van der Waals surface area contributed by atoms with Crippen LogP contribution in [0.1, 0.15) is 11.1 Å². The Morgan fingerprint density at radius 3 is 2.27 bits per heavy atom. The molecule has 0 spiro atoms. The summed E-state index contributed by atoms with van der Waals surface area (Å²) in [6, 6.07) is 27.8. The number of benzene rings is 2. The lowest BCUT2D eigenvalue weighted by atomic mass is 10.1. The van der Waals surface area contributed by atoms with Gasteiger partial charge in [-0.2, -0.15) is 0 Å². The van der Waals surface area contributed by atoms with E-state index in [2.05, 4.69) is 22.4 Å². The van der Waals surface area contributed by atoms with Gasteiger partial charge in [-0.1, -0.05) is 66.7 Å². The Morgan fingerprint density at radius 2 is 1.57 bits per heavy atom. The van der Waals surface area contributed by atoms with Crippen LogP contribution in [0.5, 0.6) is 0 Å². The third-order valence-corrected chi connectivity index (χ3v) is 4.76. The Bertz CT molecular complexity index is 1090. The molecule has 0 aliphatic carbocycles. The number of hydrogen-bond donors (Lipinski definition) is 1. The molecule has 0 atom stereocenters. The molecule has 30 heavy (non-hydrogen) atoms. The first-order valence-electron chi connectivity index (χ1n) is 9.78. The van der Waals surface area contributed by atoms with Gasteiger partial charge in [0.15, 0.2) is 5.82 Å². The second-order valence-electron chi connectivity index (χ2n) is 6.86. The molecule has 0 radical (unpaired) electrons. The lowest BCUT2D eigenvalue weighted by Crippen LogP contribution is -2.22. The van der Waals surface area contributed by atoms with E-state index in [4.69, 9.17) is 4.98 Å². The van der Waals surface area contributed by atoms with Gasteiger partial charge in [-0.3, -0.25) is 9.78 Å². The second-order valence-corrected chi connectivity index (χ2v) is 6.86. The van der Waals surface area contributed by atoms with Crippen LogP contribution in [0.15, 0.2) is 97.3 Å². The van der Waals surface area contributed by atoms with Crippen LogP contribution in [-0.2, 0) is 17.9 Å². The molecule has 0 aliphatic heterocycles. The Morgan fingerprint density at radius 1 is 0.833 bits per heavy atom. The number of hydrogen-bond acceptors (Lipinski definition) is 4. The van der Waals surface area contributed by atoms with Crippen LogP contribution < -0.4 is 10.2 Å². The summed E-state index contributed by atoms with van der Waals surface area (Å²) in [5.41, 5.74) is 4.69. The highest BCUT2D eigenvalue weighted by Crippen LogP contribution is 2.29. The number of nitrogens with zero attached hydrogens (tertiary/aromatic N) is 3.